The molecule has 0 fully saturated rings. The highest BCUT2D eigenvalue weighted by atomic mass is 32.1. The zero-order valence-electron chi connectivity index (χ0n) is 12.0. The summed E-state index contributed by atoms with van der Waals surface area (Å²) < 4.78 is 0. The summed E-state index contributed by atoms with van der Waals surface area (Å²) in [4.78, 5) is 12.5. The van der Waals surface area contributed by atoms with Gasteiger partial charge in [-0.1, -0.05) is 12.1 Å². The molecule has 106 valence electrons. The number of carbonyl (C=O) groups is 1. The van der Waals surface area contributed by atoms with Crippen molar-refractivity contribution >= 4 is 22.9 Å². The largest absolute Gasteiger partial charge is 0.399 e. The Morgan fingerprint density at radius 2 is 1.90 bits per heavy atom. The molecule has 0 saturated carbocycles. The first-order valence-corrected chi connectivity index (χ1v) is 7.54. The summed E-state index contributed by atoms with van der Waals surface area (Å²) in [7, 11) is 0. The van der Waals surface area contributed by atoms with Crippen LogP contribution in [0.15, 0.2) is 41.1 Å². The number of carbonyl (C=O) groups excluding carboxylic acids is 1. The van der Waals surface area contributed by atoms with Crippen molar-refractivity contribution in [2.75, 3.05) is 5.73 Å². The van der Waals surface area contributed by atoms with E-state index in [1.807, 2.05) is 56.5 Å². The third kappa shape index (κ3) is 3.02. The molecule has 0 aliphatic rings. The number of nitrogen functional groups attached to an aromatic ring is 1. The standard InChI is InChI=1S/C16H20N2OS/c1-11(12-8-9-20-10-12)18-15(19)16(2,3)13-4-6-14(17)7-5-13/h4-11H,17H2,1-3H3,(H,18,19). The van der Waals surface area contributed by atoms with E-state index in [0.29, 0.717) is 5.69 Å². The van der Waals surface area contributed by atoms with E-state index < -0.39 is 5.41 Å². The SMILES string of the molecule is CC(NC(=O)C(C)(C)c1ccc(N)cc1)c1ccsc1. The fraction of sp³-hybridized carbons (Fsp3) is 0.312. The Labute approximate surface area is 123 Å². The normalized spacial score (nSPS) is 12.9. The van der Waals surface area contributed by atoms with Crippen LogP contribution in [-0.2, 0) is 10.2 Å². The second-order valence-corrected chi connectivity index (χ2v) is 6.28. The maximum absolute atomic E-state index is 12.5. The summed E-state index contributed by atoms with van der Waals surface area (Å²) in [6.07, 6.45) is 0. The quantitative estimate of drug-likeness (QED) is 0.846. The van der Waals surface area contributed by atoms with E-state index >= 15 is 0 Å². The molecule has 1 amide bonds. The molecular weight excluding hydrogens is 268 g/mol. The van der Waals surface area contributed by atoms with Crippen LogP contribution in [0.3, 0.4) is 0 Å². The number of rotatable bonds is 4. The molecule has 3 N–H and O–H groups in total. The van der Waals surface area contributed by atoms with Gasteiger partial charge in [-0.15, -0.1) is 0 Å². The van der Waals surface area contributed by atoms with E-state index in [1.54, 1.807) is 11.3 Å². The van der Waals surface area contributed by atoms with Gasteiger partial charge < -0.3 is 11.1 Å². The van der Waals surface area contributed by atoms with Crippen LogP contribution in [0.5, 0.6) is 0 Å². The average molecular weight is 288 g/mol. The summed E-state index contributed by atoms with van der Waals surface area (Å²) >= 11 is 1.64. The van der Waals surface area contributed by atoms with Crippen LogP contribution in [0.1, 0.15) is 37.9 Å². The maximum Gasteiger partial charge on any atom is 0.230 e. The molecule has 0 aliphatic heterocycles. The summed E-state index contributed by atoms with van der Waals surface area (Å²) in [5, 5.41) is 7.15. The first kappa shape index (κ1) is 14.6. The van der Waals surface area contributed by atoms with Gasteiger partial charge in [0, 0.05) is 5.69 Å². The molecule has 0 bridgehead atoms. The van der Waals surface area contributed by atoms with Gasteiger partial charge in [-0.05, 0) is 60.9 Å². The van der Waals surface area contributed by atoms with Gasteiger partial charge in [-0.3, -0.25) is 4.79 Å². The molecule has 2 aromatic rings. The van der Waals surface area contributed by atoms with Crippen molar-refractivity contribution in [2.45, 2.75) is 32.2 Å². The number of anilines is 1. The smallest absolute Gasteiger partial charge is 0.230 e. The van der Waals surface area contributed by atoms with Gasteiger partial charge in [0.05, 0.1) is 11.5 Å². The van der Waals surface area contributed by atoms with Crippen molar-refractivity contribution in [3.63, 3.8) is 0 Å². The average Bonchev–Trinajstić information content (AvgIpc) is 2.93. The fourth-order valence-corrected chi connectivity index (χ4v) is 2.77. The lowest BCUT2D eigenvalue weighted by Crippen LogP contribution is -2.41. The number of thiophene rings is 1. The molecule has 1 atom stereocenters. The predicted molar refractivity (Wildman–Crippen MR) is 84.8 cm³/mol. The molecule has 20 heavy (non-hydrogen) atoms. The molecule has 1 aromatic heterocycles. The van der Waals surface area contributed by atoms with E-state index in [4.69, 9.17) is 5.73 Å². The van der Waals surface area contributed by atoms with Crippen molar-refractivity contribution in [3.05, 3.63) is 52.2 Å². The molecule has 0 aliphatic carbocycles. The van der Waals surface area contributed by atoms with Crippen LogP contribution in [-0.4, -0.2) is 5.91 Å². The van der Waals surface area contributed by atoms with Crippen molar-refractivity contribution < 1.29 is 4.79 Å². The van der Waals surface area contributed by atoms with Crippen LogP contribution < -0.4 is 11.1 Å². The van der Waals surface area contributed by atoms with E-state index in [-0.39, 0.29) is 11.9 Å². The zero-order chi connectivity index (χ0) is 14.8. The van der Waals surface area contributed by atoms with Gasteiger partial charge in [0.25, 0.3) is 0 Å². The minimum absolute atomic E-state index is 0.0148. The first-order chi connectivity index (χ1) is 9.41. The highest BCUT2D eigenvalue weighted by Crippen LogP contribution is 2.26. The second kappa shape index (κ2) is 5.67. The Balaban J connectivity index is 2.13. The Morgan fingerprint density at radius 3 is 2.45 bits per heavy atom. The lowest BCUT2D eigenvalue weighted by molar-refractivity contribution is -0.126. The van der Waals surface area contributed by atoms with Gasteiger partial charge in [0.15, 0.2) is 0 Å². The van der Waals surface area contributed by atoms with Crippen LogP contribution >= 0.6 is 11.3 Å². The lowest BCUT2D eigenvalue weighted by Gasteiger charge is -2.26. The summed E-state index contributed by atoms with van der Waals surface area (Å²) in [5.74, 6) is 0.0148. The molecule has 3 nitrogen and oxygen atoms in total. The Kier molecular flexibility index (Phi) is 4.14. The molecule has 1 unspecified atom stereocenters. The van der Waals surface area contributed by atoms with E-state index in [0.717, 1.165) is 11.1 Å². The lowest BCUT2D eigenvalue weighted by atomic mass is 9.83. The third-order valence-electron chi connectivity index (χ3n) is 3.59. The van der Waals surface area contributed by atoms with Gasteiger partial charge in [-0.25, -0.2) is 0 Å². The summed E-state index contributed by atoms with van der Waals surface area (Å²) in [5.41, 5.74) is 7.91. The van der Waals surface area contributed by atoms with Gasteiger partial charge in [0.1, 0.15) is 0 Å². The van der Waals surface area contributed by atoms with Crippen LogP contribution in [0.4, 0.5) is 5.69 Å². The number of amides is 1. The third-order valence-corrected chi connectivity index (χ3v) is 4.29. The number of hydrogen-bond acceptors (Lipinski definition) is 3. The second-order valence-electron chi connectivity index (χ2n) is 5.50. The number of benzene rings is 1. The van der Waals surface area contributed by atoms with Crippen molar-refractivity contribution in [3.8, 4) is 0 Å². The first-order valence-electron chi connectivity index (χ1n) is 6.60. The predicted octanol–water partition coefficient (Wildman–Crippen LogP) is 3.49. The maximum atomic E-state index is 12.5. The minimum atomic E-state index is -0.585. The molecule has 4 heteroatoms. The monoisotopic (exact) mass is 288 g/mol. The number of hydrogen-bond donors (Lipinski definition) is 2. The summed E-state index contributed by atoms with van der Waals surface area (Å²) in [6.45, 7) is 5.85. The van der Waals surface area contributed by atoms with Gasteiger partial charge >= 0.3 is 0 Å². The molecule has 1 aromatic carbocycles. The number of nitrogens with two attached hydrogens (primary N) is 1. The minimum Gasteiger partial charge on any atom is -0.399 e. The molecular formula is C16H20N2OS. The van der Waals surface area contributed by atoms with E-state index in [2.05, 4.69) is 10.7 Å². The number of nitrogens with one attached hydrogen (secondary N) is 1. The van der Waals surface area contributed by atoms with Gasteiger partial charge in [-0.2, -0.15) is 11.3 Å². The molecule has 0 radical (unpaired) electrons. The summed E-state index contributed by atoms with van der Waals surface area (Å²) in [6, 6.07) is 9.52. The fourth-order valence-electron chi connectivity index (χ4n) is 2.01. The highest BCUT2D eigenvalue weighted by molar-refractivity contribution is 7.07. The van der Waals surface area contributed by atoms with E-state index in [9.17, 15) is 4.79 Å². The van der Waals surface area contributed by atoms with Crippen molar-refractivity contribution in [1.29, 1.82) is 0 Å². The van der Waals surface area contributed by atoms with Crippen molar-refractivity contribution in [2.24, 2.45) is 0 Å². The molecule has 2 rings (SSSR count). The Hall–Kier alpha value is -1.81. The van der Waals surface area contributed by atoms with Crippen LogP contribution in [0.25, 0.3) is 0 Å². The Bertz CT molecular complexity index is 573. The Morgan fingerprint density at radius 1 is 1.25 bits per heavy atom. The molecule has 0 spiro atoms. The van der Waals surface area contributed by atoms with Crippen molar-refractivity contribution in [1.82, 2.24) is 5.32 Å². The molecule has 0 saturated heterocycles. The molecule has 1 heterocycles. The van der Waals surface area contributed by atoms with Gasteiger partial charge in [0.2, 0.25) is 5.91 Å². The van der Waals surface area contributed by atoms with Crippen LogP contribution in [0, 0.1) is 0 Å². The topological polar surface area (TPSA) is 55.1 Å². The van der Waals surface area contributed by atoms with Crippen LogP contribution in [0.2, 0.25) is 0 Å². The zero-order valence-corrected chi connectivity index (χ0v) is 12.8. The highest BCUT2D eigenvalue weighted by Gasteiger charge is 2.30. The van der Waals surface area contributed by atoms with E-state index in [1.165, 1.54) is 0 Å².